The largest absolute Gasteiger partial charge is 0.480 e. The van der Waals surface area contributed by atoms with Gasteiger partial charge in [-0.25, -0.2) is 4.79 Å². The molecule has 0 spiro atoms. The molecule has 50 valence electrons. The molecule has 9 heavy (non-hydrogen) atoms. The zero-order valence-corrected chi connectivity index (χ0v) is 4.64. The van der Waals surface area contributed by atoms with Gasteiger partial charge in [0, 0.05) is 6.54 Å². The van der Waals surface area contributed by atoms with Crippen LogP contribution in [0.15, 0.2) is 0 Å². The van der Waals surface area contributed by atoms with E-state index < -0.39 is 12.0 Å². The van der Waals surface area contributed by atoms with Gasteiger partial charge in [0.05, 0.1) is 0 Å². The van der Waals surface area contributed by atoms with Crippen molar-refractivity contribution >= 4 is 11.9 Å². The van der Waals surface area contributed by atoms with Crippen LogP contribution in [0, 0.1) is 5.41 Å². The smallest absolute Gasteiger partial charge is 0.328 e. The summed E-state index contributed by atoms with van der Waals surface area (Å²) in [4.78, 5) is 10.1. The fourth-order valence-corrected chi connectivity index (χ4v) is 0.629. The van der Waals surface area contributed by atoms with Crippen molar-refractivity contribution in [2.24, 2.45) is 0 Å². The fraction of sp³-hybridized carbons (Fsp3) is 0.500. The average Bonchev–Trinajstić information content (AvgIpc) is 2.14. The number of hydrogen-bond acceptors (Lipinski definition) is 2. The van der Waals surface area contributed by atoms with E-state index in [1.54, 1.807) is 0 Å². The lowest BCUT2D eigenvalue weighted by molar-refractivity contribution is -0.138. The third-order valence-corrected chi connectivity index (χ3v) is 1.10. The molecular formula is C4H7N3O2. The van der Waals surface area contributed by atoms with E-state index in [0.717, 1.165) is 0 Å². The second-order valence-electron chi connectivity index (χ2n) is 1.79. The van der Waals surface area contributed by atoms with Crippen LogP contribution in [0.2, 0.25) is 0 Å². The number of rotatable bonds is 1. The Kier molecular flexibility index (Phi) is 1.26. The zero-order chi connectivity index (χ0) is 6.85. The second kappa shape index (κ2) is 1.93. The first-order valence-corrected chi connectivity index (χ1v) is 2.52. The highest BCUT2D eigenvalue weighted by Gasteiger charge is 2.23. The summed E-state index contributed by atoms with van der Waals surface area (Å²) in [6.45, 7) is 0.300. The molecule has 1 fully saturated rings. The molecule has 0 saturated carbocycles. The van der Waals surface area contributed by atoms with Crippen LogP contribution in [0.3, 0.4) is 0 Å². The van der Waals surface area contributed by atoms with Gasteiger partial charge in [-0.15, -0.1) is 0 Å². The van der Waals surface area contributed by atoms with Crippen LogP contribution in [0.1, 0.15) is 0 Å². The van der Waals surface area contributed by atoms with E-state index in [4.69, 9.17) is 10.5 Å². The van der Waals surface area contributed by atoms with E-state index in [9.17, 15) is 4.79 Å². The molecule has 0 aromatic heterocycles. The van der Waals surface area contributed by atoms with Gasteiger partial charge in [0.25, 0.3) is 0 Å². The second-order valence-corrected chi connectivity index (χ2v) is 1.79. The predicted octanol–water partition coefficient (Wildman–Crippen LogP) is -1.43. The standard InChI is InChI=1S/C4H7N3O2/c5-4-6-1-2(7-4)3(8)9/h2H,1H2,(H,8,9)(H3,5,6,7). The number of hydrogen-bond donors (Lipinski definition) is 4. The molecule has 1 saturated heterocycles. The molecule has 1 aliphatic heterocycles. The number of carbonyl (C=O) groups is 1. The molecule has 0 bridgehead atoms. The summed E-state index contributed by atoms with van der Waals surface area (Å²) in [5.41, 5.74) is 0. The van der Waals surface area contributed by atoms with Crippen LogP contribution in [0.4, 0.5) is 0 Å². The van der Waals surface area contributed by atoms with Gasteiger partial charge in [0.15, 0.2) is 5.96 Å². The lowest BCUT2D eigenvalue weighted by Gasteiger charge is -1.98. The van der Waals surface area contributed by atoms with Crippen molar-refractivity contribution in [1.29, 1.82) is 5.41 Å². The zero-order valence-electron chi connectivity index (χ0n) is 4.64. The molecule has 1 unspecified atom stereocenters. The summed E-state index contributed by atoms with van der Waals surface area (Å²) in [5.74, 6) is -0.841. The van der Waals surface area contributed by atoms with Gasteiger partial charge in [-0.1, -0.05) is 0 Å². The number of carboxylic acid groups (broad SMARTS) is 1. The normalized spacial score (nSPS) is 24.9. The Bertz CT molecular complexity index is 156. The van der Waals surface area contributed by atoms with Crippen molar-refractivity contribution in [1.82, 2.24) is 10.6 Å². The first-order chi connectivity index (χ1) is 4.20. The molecule has 5 heteroatoms. The topological polar surface area (TPSA) is 85.2 Å². The summed E-state index contributed by atoms with van der Waals surface area (Å²) in [6.07, 6.45) is 0. The summed E-state index contributed by atoms with van der Waals surface area (Å²) in [6, 6.07) is -0.627. The molecule has 1 atom stereocenters. The summed E-state index contributed by atoms with van der Waals surface area (Å²) in [7, 11) is 0. The Morgan fingerprint density at radius 3 is 2.78 bits per heavy atom. The minimum absolute atomic E-state index is 0.0856. The number of aliphatic carboxylic acids is 1. The highest BCUT2D eigenvalue weighted by Crippen LogP contribution is 1.87. The molecule has 0 aliphatic carbocycles. The summed E-state index contributed by atoms with van der Waals surface area (Å²) < 4.78 is 0. The van der Waals surface area contributed by atoms with Gasteiger partial charge in [0.1, 0.15) is 6.04 Å². The van der Waals surface area contributed by atoms with Gasteiger partial charge < -0.3 is 15.7 Å². The lowest BCUT2D eigenvalue weighted by Crippen LogP contribution is -2.34. The summed E-state index contributed by atoms with van der Waals surface area (Å²) >= 11 is 0. The van der Waals surface area contributed by atoms with Gasteiger partial charge in [-0.05, 0) is 0 Å². The van der Waals surface area contributed by atoms with Crippen LogP contribution >= 0.6 is 0 Å². The average molecular weight is 129 g/mol. The molecule has 0 aromatic rings. The van der Waals surface area contributed by atoms with Gasteiger partial charge in [-0.3, -0.25) is 5.41 Å². The highest BCUT2D eigenvalue weighted by atomic mass is 16.4. The molecular weight excluding hydrogens is 122 g/mol. The molecule has 5 nitrogen and oxygen atoms in total. The third-order valence-electron chi connectivity index (χ3n) is 1.10. The summed E-state index contributed by atoms with van der Waals surface area (Å²) in [5, 5.41) is 20.2. The monoisotopic (exact) mass is 129 g/mol. The van der Waals surface area contributed by atoms with E-state index in [2.05, 4.69) is 10.6 Å². The van der Waals surface area contributed by atoms with Crippen molar-refractivity contribution in [3.63, 3.8) is 0 Å². The van der Waals surface area contributed by atoms with E-state index in [1.165, 1.54) is 0 Å². The van der Waals surface area contributed by atoms with Gasteiger partial charge in [-0.2, -0.15) is 0 Å². The molecule has 0 aromatic carbocycles. The van der Waals surface area contributed by atoms with E-state index in [-0.39, 0.29) is 5.96 Å². The maximum absolute atomic E-state index is 10.1. The quantitative estimate of drug-likeness (QED) is 0.349. The van der Waals surface area contributed by atoms with Crippen LogP contribution in [-0.4, -0.2) is 29.6 Å². The Morgan fingerprint density at radius 1 is 1.89 bits per heavy atom. The number of carboxylic acids is 1. The Labute approximate surface area is 51.6 Å². The SMILES string of the molecule is N=C1NCC(C(=O)O)N1. The van der Waals surface area contributed by atoms with Crippen molar-refractivity contribution in [2.45, 2.75) is 6.04 Å². The fourth-order valence-electron chi connectivity index (χ4n) is 0.629. The van der Waals surface area contributed by atoms with Crippen LogP contribution < -0.4 is 10.6 Å². The Balaban J connectivity index is 2.48. The van der Waals surface area contributed by atoms with Gasteiger partial charge in [0.2, 0.25) is 0 Å². The third kappa shape index (κ3) is 1.10. The highest BCUT2D eigenvalue weighted by molar-refractivity contribution is 5.87. The molecule has 1 rings (SSSR count). The first kappa shape index (κ1) is 5.87. The van der Waals surface area contributed by atoms with E-state index in [1.807, 2.05) is 0 Å². The number of guanidine groups is 1. The molecule has 1 aliphatic rings. The van der Waals surface area contributed by atoms with Crippen LogP contribution in [0.5, 0.6) is 0 Å². The molecule has 0 amide bonds. The molecule has 1 heterocycles. The van der Waals surface area contributed by atoms with Crippen molar-refractivity contribution < 1.29 is 9.90 Å². The lowest BCUT2D eigenvalue weighted by atomic mass is 10.3. The maximum Gasteiger partial charge on any atom is 0.328 e. The molecule has 4 N–H and O–H groups in total. The minimum Gasteiger partial charge on any atom is -0.480 e. The van der Waals surface area contributed by atoms with Crippen molar-refractivity contribution in [2.75, 3.05) is 6.54 Å². The first-order valence-electron chi connectivity index (χ1n) is 2.52. The number of nitrogens with one attached hydrogen (secondary N) is 3. The molecule has 0 radical (unpaired) electrons. The minimum atomic E-state index is -0.926. The predicted molar refractivity (Wildman–Crippen MR) is 30.3 cm³/mol. The van der Waals surface area contributed by atoms with Crippen molar-refractivity contribution in [3.8, 4) is 0 Å². The Morgan fingerprint density at radius 2 is 2.56 bits per heavy atom. The van der Waals surface area contributed by atoms with Crippen LogP contribution in [-0.2, 0) is 4.79 Å². The Hall–Kier alpha value is -1.26. The maximum atomic E-state index is 10.1. The van der Waals surface area contributed by atoms with Crippen LogP contribution in [0.25, 0.3) is 0 Å². The van der Waals surface area contributed by atoms with E-state index in [0.29, 0.717) is 6.54 Å². The van der Waals surface area contributed by atoms with E-state index >= 15 is 0 Å². The van der Waals surface area contributed by atoms with Gasteiger partial charge >= 0.3 is 5.97 Å². The van der Waals surface area contributed by atoms with Crippen molar-refractivity contribution in [3.05, 3.63) is 0 Å².